The average molecular weight is 295 g/mol. The highest BCUT2D eigenvalue weighted by molar-refractivity contribution is 6.22. The molecule has 1 aliphatic heterocycles. The summed E-state index contributed by atoms with van der Waals surface area (Å²) in [5.74, 6) is 0. The van der Waals surface area contributed by atoms with E-state index < -0.39 is 0 Å². The van der Waals surface area contributed by atoms with Crippen LogP contribution in [0.4, 0.5) is 5.69 Å². The Kier molecular flexibility index (Phi) is 3.71. The Balaban J connectivity index is 1.96. The van der Waals surface area contributed by atoms with Crippen molar-refractivity contribution in [3.63, 3.8) is 0 Å². The van der Waals surface area contributed by atoms with Crippen LogP contribution in [0.2, 0.25) is 0 Å². The van der Waals surface area contributed by atoms with Crippen molar-refractivity contribution < 1.29 is 0 Å². The van der Waals surface area contributed by atoms with Gasteiger partial charge in [0.2, 0.25) is 0 Å². The lowest BCUT2D eigenvalue weighted by atomic mass is 9.98. The van der Waals surface area contributed by atoms with E-state index in [1.807, 2.05) is 13.1 Å². The summed E-state index contributed by atoms with van der Waals surface area (Å²) in [7, 11) is 0. The van der Waals surface area contributed by atoms with Gasteiger partial charge in [-0.25, -0.2) is 4.98 Å². The van der Waals surface area contributed by atoms with Gasteiger partial charge in [-0.2, -0.15) is 0 Å². The second-order valence-electron chi connectivity index (χ2n) is 5.76. The topological polar surface area (TPSA) is 81.8 Å². The fourth-order valence-electron chi connectivity index (χ4n) is 3.08. The Morgan fingerprint density at radius 2 is 2.23 bits per heavy atom. The van der Waals surface area contributed by atoms with E-state index in [0.717, 1.165) is 36.3 Å². The number of nitrogens with one attached hydrogen (secondary N) is 2. The number of fused-ring (bicyclic) bond motifs is 1. The second-order valence-corrected chi connectivity index (χ2v) is 5.76. The normalized spacial score (nSPS) is 14.7. The molecular formula is C17H21N5. The van der Waals surface area contributed by atoms with Crippen LogP contribution in [0.5, 0.6) is 0 Å². The molecule has 0 radical (unpaired) electrons. The van der Waals surface area contributed by atoms with Crippen molar-refractivity contribution in [2.75, 3.05) is 11.4 Å². The number of allylic oxidation sites excluding steroid dienone is 2. The van der Waals surface area contributed by atoms with Crippen LogP contribution >= 0.6 is 0 Å². The number of benzene rings is 1. The van der Waals surface area contributed by atoms with E-state index in [0.29, 0.717) is 11.4 Å². The predicted octanol–water partition coefficient (Wildman–Crippen LogP) is 2.70. The van der Waals surface area contributed by atoms with Crippen LogP contribution in [0, 0.1) is 5.41 Å². The minimum atomic E-state index is 0.497. The molecule has 5 nitrogen and oxygen atoms in total. The second kappa shape index (κ2) is 5.67. The van der Waals surface area contributed by atoms with Gasteiger partial charge in [0.05, 0.1) is 18.6 Å². The number of hydrogen-bond donors (Lipinski definition) is 3. The number of anilines is 1. The Morgan fingerprint density at radius 3 is 2.86 bits per heavy atom. The highest BCUT2D eigenvalue weighted by Crippen LogP contribution is 2.32. The molecule has 0 saturated heterocycles. The summed E-state index contributed by atoms with van der Waals surface area (Å²) in [6, 6.07) is 6.38. The van der Waals surface area contributed by atoms with Crippen molar-refractivity contribution >= 4 is 17.0 Å². The number of H-pyrrole nitrogens is 1. The fourth-order valence-corrected chi connectivity index (χ4v) is 3.08. The van der Waals surface area contributed by atoms with E-state index in [1.54, 1.807) is 13.3 Å². The molecule has 2 aromatic rings. The Labute approximate surface area is 130 Å². The quantitative estimate of drug-likeness (QED) is 0.758. The van der Waals surface area contributed by atoms with Gasteiger partial charge in [0.25, 0.3) is 0 Å². The molecule has 0 bridgehead atoms. The van der Waals surface area contributed by atoms with E-state index in [9.17, 15) is 0 Å². The average Bonchev–Trinajstić information content (AvgIpc) is 3.09. The van der Waals surface area contributed by atoms with Gasteiger partial charge in [0.1, 0.15) is 0 Å². The maximum Gasteiger partial charge on any atom is 0.0923 e. The van der Waals surface area contributed by atoms with E-state index in [1.165, 1.54) is 11.3 Å². The minimum absolute atomic E-state index is 0.497. The van der Waals surface area contributed by atoms with Gasteiger partial charge in [-0.15, -0.1) is 0 Å². The lowest BCUT2D eigenvalue weighted by Crippen LogP contribution is -2.20. The molecule has 0 saturated carbocycles. The Morgan fingerprint density at radius 1 is 1.41 bits per heavy atom. The first-order chi connectivity index (χ1) is 10.6. The molecule has 1 aliphatic rings. The van der Waals surface area contributed by atoms with Gasteiger partial charge in [0.15, 0.2) is 0 Å². The molecule has 0 atom stereocenters. The molecule has 22 heavy (non-hydrogen) atoms. The van der Waals surface area contributed by atoms with Crippen LogP contribution in [-0.4, -0.2) is 22.2 Å². The number of hydrogen-bond acceptors (Lipinski definition) is 4. The van der Waals surface area contributed by atoms with Gasteiger partial charge in [-0.3, -0.25) is 0 Å². The molecule has 1 aromatic carbocycles. The van der Waals surface area contributed by atoms with Gasteiger partial charge in [-0.05, 0) is 37.5 Å². The predicted molar refractivity (Wildman–Crippen MR) is 90.0 cm³/mol. The van der Waals surface area contributed by atoms with Crippen molar-refractivity contribution in [1.29, 1.82) is 5.41 Å². The van der Waals surface area contributed by atoms with Gasteiger partial charge in [0, 0.05) is 35.4 Å². The van der Waals surface area contributed by atoms with Gasteiger partial charge < -0.3 is 21.0 Å². The molecule has 4 N–H and O–H groups in total. The van der Waals surface area contributed by atoms with Crippen LogP contribution in [0.15, 0.2) is 36.4 Å². The van der Waals surface area contributed by atoms with Crippen LogP contribution in [0.3, 0.4) is 0 Å². The lowest BCUT2D eigenvalue weighted by Gasteiger charge is -2.19. The highest BCUT2D eigenvalue weighted by atomic mass is 15.2. The zero-order valence-electron chi connectivity index (χ0n) is 13.0. The SMILES string of the molecule is CC(=N)/C(=C(/C)N)c1ccc2c(c1)N(Cc1c[nH]cn1)CC2. The summed E-state index contributed by atoms with van der Waals surface area (Å²) in [4.78, 5) is 9.63. The summed E-state index contributed by atoms with van der Waals surface area (Å²) in [5, 5.41) is 7.96. The largest absolute Gasteiger partial charge is 0.402 e. The van der Waals surface area contributed by atoms with E-state index >= 15 is 0 Å². The van der Waals surface area contributed by atoms with Crippen molar-refractivity contribution in [2.45, 2.75) is 26.8 Å². The third kappa shape index (κ3) is 2.62. The Hall–Kier alpha value is -2.56. The van der Waals surface area contributed by atoms with Crippen molar-refractivity contribution in [1.82, 2.24) is 9.97 Å². The molecule has 114 valence electrons. The standard InChI is InChI=1S/C17H21N5/c1-11(18)17(12(2)19)14-4-3-13-5-6-22(16(13)7-14)9-15-8-20-10-21-15/h3-4,7-8,10,18H,5-6,9,19H2,1-2H3,(H,20,21)/b17-12+,18-11?. The summed E-state index contributed by atoms with van der Waals surface area (Å²) in [5.41, 5.74) is 12.6. The number of aromatic nitrogens is 2. The van der Waals surface area contributed by atoms with Crippen molar-refractivity contribution in [3.8, 4) is 0 Å². The molecule has 5 heteroatoms. The van der Waals surface area contributed by atoms with Crippen LogP contribution in [-0.2, 0) is 13.0 Å². The molecule has 0 amide bonds. The first-order valence-corrected chi connectivity index (χ1v) is 7.44. The summed E-state index contributed by atoms with van der Waals surface area (Å²) in [6.07, 6.45) is 4.68. The first kappa shape index (κ1) is 14.4. The number of nitrogens with two attached hydrogens (primary N) is 1. The van der Waals surface area contributed by atoms with Gasteiger partial charge >= 0.3 is 0 Å². The number of aromatic amines is 1. The van der Waals surface area contributed by atoms with E-state index in [4.69, 9.17) is 11.1 Å². The van der Waals surface area contributed by atoms with Crippen molar-refractivity contribution in [3.05, 3.63) is 53.2 Å². The summed E-state index contributed by atoms with van der Waals surface area (Å²) in [6.45, 7) is 5.42. The molecule has 0 aliphatic carbocycles. The fraction of sp³-hybridized carbons (Fsp3) is 0.294. The lowest BCUT2D eigenvalue weighted by molar-refractivity contribution is 0.819. The van der Waals surface area contributed by atoms with Crippen LogP contribution in [0.1, 0.15) is 30.7 Å². The molecule has 2 heterocycles. The zero-order valence-corrected chi connectivity index (χ0v) is 13.0. The van der Waals surface area contributed by atoms with E-state index in [-0.39, 0.29) is 0 Å². The third-order valence-electron chi connectivity index (χ3n) is 4.04. The van der Waals surface area contributed by atoms with Crippen LogP contribution in [0.25, 0.3) is 5.57 Å². The molecule has 0 unspecified atom stereocenters. The molecule has 0 fully saturated rings. The molecule has 0 spiro atoms. The Bertz CT molecular complexity index is 724. The maximum absolute atomic E-state index is 7.96. The minimum Gasteiger partial charge on any atom is -0.402 e. The molecule has 1 aromatic heterocycles. The monoisotopic (exact) mass is 295 g/mol. The van der Waals surface area contributed by atoms with Gasteiger partial charge in [-0.1, -0.05) is 12.1 Å². The number of nitrogens with zero attached hydrogens (tertiary/aromatic N) is 2. The number of imidazole rings is 1. The molecular weight excluding hydrogens is 274 g/mol. The van der Waals surface area contributed by atoms with Crippen molar-refractivity contribution in [2.24, 2.45) is 5.73 Å². The highest BCUT2D eigenvalue weighted by Gasteiger charge is 2.21. The third-order valence-corrected chi connectivity index (χ3v) is 4.04. The summed E-state index contributed by atoms with van der Waals surface area (Å²) < 4.78 is 0. The molecule has 3 rings (SSSR count). The first-order valence-electron chi connectivity index (χ1n) is 7.44. The maximum atomic E-state index is 7.96. The van der Waals surface area contributed by atoms with E-state index in [2.05, 4.69) is 33.1 Å². The zero-order chi connectivity index (χ0) is 15.7. The van der Waals surface area contributed by atoms with Crippen LogP contribution < -0.4 is 10.6 Å². The number of rotatable bonds is 4. The summed E-state index contributed by atoms with van der Waals surface area (Å²) >= 11 is 0. The smallest absolute Gasteiger partial charge is 0.0923 e.